The zero-order chi connectivity index (χ0) is 20.8. The van der Waals surface area contributed by atoms with Crippen LogP contribution in [-0.4, -0.2) is 37.0 Å². The number of hydrogen-bond acceptors (Lipinski definition) is 4. The van der Waals surface area contributed by atoms with Crippen LogP contribution in [0.4, 0.5) is 5.69 Å². The Balaban J connectivity index is 1.56. The van der Waals surface area contributed by atoms with E-state index >= 15 is 0 Å². The molecule has 29 heavy (non-hydrogen) atoms. The van der Waals surface area contributed by atoms with Gasteiger partial charge in [0.15, 0.2) is 6.10 Å². The van der Waals surface area contributed by atoms with E-state index < -0.39 is 12.1 Å². The highest BCUT2D eigenvalue weighted by molar-refractivity contribution is 6.34. The summed E-state index contributed by atoms with van der Waals surface area (Å²) in [5.41, 5.74) is 1.85. The van der Waals surface area contributed by atoms with E-state index in [1.807, 2.05) is 30.3 Å². The first-order valence-corrected chi connectivity index (χ1v) is 9.96. The van der Waals surface area contributed by atoms with Crippen molar-refractivity contribution in [3.8, 4) is 0 Å². The Bertz CT molecular complexity index is 901. The van der Waals surface area contributed by atoms with Crippen molar-refractivity contribution in [2.24, 2.45) is 0 Å². The van der Waals surface area contributed by atoms with E-state index in [2.05, 4.69) is 5.32 Å². The topological polar surface area (TPSA) is 75.7 Å². The van der Waals surface area contributed by atoms with Crippen molar-refractivity contribution < 1.29 is 19.1 Å². The lowest BCUT2D eigenvalue weighted by atomic mass is 10.1. The van der Waals surface area contributed by atoms with Gasteiger partial charge in [0, 0.05) is 19.5 Å². The van der Waals surface area contributed by atoms with Crippen LogP contribution in [0.15, 0.2) is 48.5 Å². The largest absolute Gasteiger partial charge is 0.449 e. The lowest BCUT2D eigenvalue weighted by Gasteiger charge is -2.18. The molecule has 2 amide bonds. The maximum Gasteiger partial charge on any atom is 0.338 e. The zero-order valence-corrected chi connectivity index (χ0v) is 16.9. The number of esters is 1. The molecule has 3 rings (SSSR count). The lowest BCUT2D eigenvalue weighted by molar-refractivity contribution is -0.129. The van der Waals surface area contributed by atoms with E-state index in [-0.39, 0.29) is 17.4 Å². The number of ether oxygens (including phenoxy) is 1. The summed E-state index contributed by atoms with van der Waals surface area (Å²) >= 11 is 6.20. The zero-order valence-electron chi connectivity index (χ0n) is 16.2. The fourth-order valence-electron chi connectivity index (χ4n) is 3.15. The van der Waals surface area contributed by atoms with Crippen molar-refractivity contribution in [2.45, 2.75) is 32.3 Å². The molecule has 0 saturated carbocycles. The number of carbonyl (C=O) groups excluding carboxylic acids is 3. The minimum atomic E-state index is -0.939. The van der Waals surface area contributed by atoms with Gasteiger partial charge in [-0.3, -0.25) is 9.59 Å². The summed E-state index contributed by atoms with van der Waals surface area (Å²) in [6.45, 7) is 2.54. The van der Waals surface area contributed by atoms with Crippen molar-refractivity contribution in [2.75, 3.05) is 18.0 Å². The summed E-state index contributed by atoms with van der Waals surface area (Å²) in [5.74, 6) is -1.03. The van der Waals surface area contributed by atoms with E-state index in [4.69, 9.17) is 16.3 Å². The molecule has 1 aliphatic rings. The van der Waals surface area contributed by atoms with Gasteiger partial charge in [0.25, 0.3) is 5.91 Å². The Kier molecular flexibility index (Phi) is 6.88. The molecule has 2 aromatic carbocycles. The van der Waals surface area contributed by atoms with Gasteiger partial charge in [0.05, 0.1) is 16.3 Å². The number of amides is 2. The molecular formula is C22H23ClN2O4. The van der Waals surface area contributed by atoms with Crippen molar-refractivity contribution in [3.63, 3.8) is 0 Å². The molecule has 1 N–H and O–H groups in total. The molecule has 0 aliphatic carbocycles. The summed E-state index contributed by atoms with van der Waals surface area (Å²) in [4.78, 5) is 38.2. The molecule has 152 valence electrons. The highest BCUT2D eigenvalue weighted by Crippen LogP contribution is 2.30. The van der Waals surface area contributed by atoms with E-state index in [1.165, 1.54) is 19.1 Å². The minimum absolute atomic E-state index is 0.0245. The fourth-order valence-corrected chi connectivity index (χ4v) is 3.37. The first kappa shape index (κ1) is 20.9. The fraction of sp³-hybridized carbons (Fsp3) is 0.318. The summed E-state index contributed by atoms with van der Waals surface area (Å²) in [6, 6.07) is 14.4. The van der Waals surface area contributed by atoms with Gasteiger partial charge < -0.3 is 15.0 Å². The van der Waals surface area contributed by atoms with Crippen molar-refractivity contribution in [1.29, 1.82) is 0 Å². The van der Waals surface area contributed by atoms with Crippen LogP contribution < -0.4 is 10.2 Å². The van der Waals surface area contributed by atoms with Crippen LogP contribution in [0.1, 0.15) is 35.7 Å². The Labute approximate surface area is 174 Å². The van der Waals surface area contributed by atoms with Gasteiger partial charge in [-0.15, -0.1) is 0 Å². The molecule has 7 heteroatoms. The molecule has 0 radical (unpaired) electrons. The van der Waals surface area contributed by atoms with E-state index in [9.17, 15) is 14.4 Å². The summed E-state index contributed by atoms with van der Waals surface area (Å²) < 4.78 is 5.29. The van der Waals surface area contributed by atoms with Crippen LogP contribution in [0.25, 0.3) is 0 Å². The second-order valence-electron chi connectivity index (χ2n) is 6.89. The quantitative estimate of drug-likeness (QED) is 0.705. The van der Waals surface area contributed by atoms with Crippen molar-refractivity contribution in [3.05, 3.63) is 64.7 Å². The van der Waals surface area contributed by atoms with E-state index in [0.29, 0.717) is 36.6 Å². The molecule has 1 atom stereocenters. The maximum atomic E-state index is 12.5. The normalized spacial score (nSPS) is 14.6. The SMILES string of the molecule is C[C@H](OC(=O)c1ccc(Cl)c(N2CCCC2=O)c1)C(=O)NCCc1ccccc1. The van der Waals surface area contributed by atoms with Crippen molar-refractivity contribution >= 4 is 35.1 Å². The first-order chi connectivity index (χ1) is 14.0. The Morgan fingerprint density at radius 1 is 1.21 bits per heavy atom. The Hall–Kier alpha value is -2.86. The molecule has 1 heterocycles. The molecule has 0 bridgehead atoms. The van der Waals surface area contributed by atoms with Crippen LogP contribution in [-0.2, 0) is 20.7 Å². The molecule has 1 aliphatic heterocycles. The Morgan fingerprint density at radius 3 is 2.66 bits per heavy atom. The molecule has 0 spiro atoms. The third kappa shape index (κ3) is 5.35. The summed E-state index contributed by atoms with van der Waals surface area (Å²) in [6.07, 6.45) is 0.971. The number of carbonyl (C=O) groups is 3. The van der Waals surface area contributed by atoms with Crippen LogP contribution in [0.3, 0.4) is 0 Å². The Morgan fingerprint density at radius 2 is 1.97 bits per heavy atom. The standard InChI is InChI=1S/C22H23ClN2O4/c1-15(21(27)24-12-11-16-6-3-2-4-7-16)29-22(28)17-9-10-18(23)19(14-17)25-13-5-8-20(25)26/h2-4,6-7,9-10,14-15H,5,8,11-13H2,1H3,(H,24,27)/t15-/m0/s1. The van der Waals surface area contributed by atoms with Gasteiger partial charge in [-0.05, 0) is 43.5 Å². The number of halogens is 1. The van der Waals surface area contributed by atoms with Gasteiger partial charge in [-0.2, -0.15) is 0 Å². The molecule has 1 saturated heterocycles. The van der Waals surface area contributed by atoms with Crippen molar-refractivity contribution in [1.82, 2.24) is 5.32 Å². The predicted molar refractivity (Wildman–Crippen MR) is 111 cm³/mol. The maximum absolute atomic E-state index is 12.5. The molecular weight excluding hydrogens is 392 g/mol. The molecule has 6 nitrogen and oxygen atoms in total. The van der Waals surface area contributed by atoms with Crippen LogP contribution in [0, 0.1) is 0 Å². The number of benzene rings is 2. The smallest absolute Gasteiger partial charge is 0.338 e. The van der Waals surface area contributed by atoms with E-state index in [0.717, 1.165) is 12.0 Å². The van der Waals surface area contributed by atoms with Gasteiger partial charge in [0.1, 0.15) is 0 Å². The minimum Gasteiger partial charge on any atom is -0.449 e. The number of nitrogens with zero attached hydrogens (tertiary/aromatic N) is 1. The first-order valence-electron chi connectivity index (χ1n) is 9.58. The molecule has 1 fully saturated rings. The third-order valence-corrected chi connectivity index (χ3v) is 5.07. The predicted octanol–water partition coefficient (Wildman–Crippen LogP) is 3.37. The monoisotopic (exact) mass is 414 g/mol. The van der Waals surface area contributed by atoms with Gasteiger partial charge in [0.2, 0.25) is 5.91 Å². The molecule has 0 aromatic heterocycles. The number of rotatable bonds is 7. The highest BCUT2D eigenvalue weighted by atomic mass is 35.5. The third-order valence-electron chi connectivity index (χ3n) is 4.75. The van der Waals surface area contributed by atoms with Gasteiger partial charge in [-0.1, -0.05) is 41.9 Å². The highest BCUT2D eigenvalue weighted by Gasteiger charge is 2.25. The molecule has 0 unspecified atom stereocenters. The second-order valence-corrected chi connectivity index (χ2v) is 7.30. The van der Waals surface area contributed by atoms with Gasteiger partial charge >= 0.3 is 5.97 Å². The average molecular weight is 415 g/mol. The number of hydrogen-bond donors (Lipinski definition) is 1. The van der Waals surface area contributed by atoms with Gasteiger partial charge in [-0.25, -0.2) is 4.79 Å². The van der Waals surface area contributed by atoms with Crippen LogP contribution in [0.2, 0.25) is 5.02 Å². The number of nitrogens with one attached hydrogen (secondary N) is 1. The lowest BCUT2D eigenvalue weighted by Crippen LogP contribution is -2.37. The van der Waals surface area contributed by atoms with Crippen LogP contribution in [0.5, 0.6) is 0 Å². The summed E-state index contributed by atoms with van der Waals surface area (Å²) in [7, 11) is 0. The average Bonchev–Trinajstić information content (AvgIpc) is 3.14. The molecule has 2 aromatic rings. The second kappa shape index (κ2) is 9.56. The summed E-state index contributed by atoms with van der Waals surface area (Å²) in [5, 5.41) is 3.16. The van der Waals surface area contributed by atoms with E-state index in [1.54, 1.807) is 11.0 Å². The number of anilines is 1. The van der Waals surface area contributed by atoms with Crippen LogP contribution >= 0.6 is 11.6 Å².